The number of carbonyl (C=O) groups excluding carboxylic acids is 1. The molecule has 0 aromatic rings. The number of hydrogen-bond donors (Lipinski definition) is 1. The molecule has 0 aromatic heterocycles. The van der Waals surface area contributed by atoms with Crippen molar-refractivity contribution in [2.24, 2.45) is 11.1 Å². The summed E-state index contributed by atoms with van der Waals surface area (Å²) in [6.07, 6.45) is -1.04. The Morgan fingerprint density at radius 3 is 2.33 bits per heavy atom. The van der Waals surface area contributed by atoms with E-state index < -0.39 is 6.09 Å². The number of halogens is 1. The van der Waals surface area contributed by atoms with E-state index in [4.69, 9.17) is 10.6 Å². The highest BCUT2D eigenvalue weighted by Crippen LogP contribution is 2.23. The van der Waals surface area contributed by atoms with E-state index in [-0.39, 0.29) is 11.5 Å². The third-order valence-electron chi connectivity index (χ3n) is 1.35. The van der Waals surface area contributed by atoms with Crippen molar-refractivity contribution in [1.29, 1.82) is 0 Å². The van der Waals surface area contributed by atoms with Crippen molar-refractivity contribution in [2.75, 3.05) is 4.43 Å². The summed E-state index contributed by atoms with van der Waals surface area (Å²) in [7, 11) is 0. The van der Waals surface area contributed by atoms with E-state index in [0.29, 0.717) is 0 Å². The zero-order valence-corrected chi connectivity index (χ0v) is 9.62. The molecule has 0 saturated heterocycles. The summed E-state index contributed by atoms with van der Waals surface area (Å²) in [5.74, 6) is 0. The molecule has 0 rings (SSSR count). The molecule has 0 aromatic carbocycles. The van der Waals surface area contributed by atoms with E-state index in [9.17, 15) is 4.79 Å². The highest BCUT2D eigenvalue weighted by atomic mass is 127. The van der Waals surface area contributed by atoms with Crippen LogP contribution in [0.2, 0.25) is 0 Å². The predicted molar refractivity (Wildman–Crippen MR) is 53.9 cm³/mol. The van der Waals surface area contributed by atoms with Gasteiger partial charge >= 0.3 is 6.09 Å². The summed E-state index contributed by atoms with van der Waals surface area (Å²) in [6, 6.07) is 0. The van der Waals surface area contributed by atoms with Crippen molar-refractivity contribution in [3.05, 3.63) is 0 Å². The molecule has 0 saturated carbocycles. The SMILES string of the molecule is CC(C)(C)C(CI)OOC(N)=O. The number of rotatable bonds is 3. The first-order chi connectivity index (χ1) is 5.38. The van der Waals surface area contributed by atoms with Gasteiger partial charge in [0, 0.05) is 4.43 Å². The number of nitrogens with two attached hydrogens (primary N) is 1. The Balaban J connectivity index is 3.92. The fourth-order valence-electron chi connectivity index (χ4n) is 0.507. The Morgan fingerprint density at radius 2 is 2.08 bits per heavy atom. The van der Waals surface area contributed by atoms with E-state index in [1.807, 2.05) is 20.8 Å². The lowest BCUT2D eigenvalue weighted by atomic mass is 9.90. The zero-order chi connectivity index (χ0) is 9.78. The molecular weight excluding hydrogens is 273 g/mol. The fraction of sp³-hybridized carbons (Fsp3) is 0.857. The Bertz CT molecular complexity index is 155. The van der Waals surface area contributed by atoms with Gasteiger partial charge in [0.15, 0.2) is 0 Å². The van der Waals surface area contributed by atoms with Crippen molar-refractivity contribution >= 4 is 28.7 Å². The Morgan fingerprint density at radius 1 is 1.58 bits per heavy atom. The smallest absolute Gasteiger partial charge is 0.333 e. The van der Waals surface area contributed by atoms with Crippen LogP contribution in [0, 0.1) is 5.41 Å². The molecule has 0 aliphatic heterocycles. The number of carbonyl (C=O) groups is 1. The first-order valence-corrected chi connectivity index (χ1v) is 5.09. The lowest BCUT2D eigenvalue weighted by Crippen LogP contribution is -2.32. The largest absolute Gasteiger partial charge is 0.436 e. The van der Waals surface area contributed by atoms with Crippen LogP contribution in [-0.4, -0.2) is 16.6 Å². The fourth-order valence-corrected chi connectivity index (χ4v) is 1.97. The maximum absolute atomic E-state index is 10.2. The van der Waals surface area contributed by atoms with E-state index in [2.05, 4.69) is 27.5 Å². The van der Waals surface area contributed by atoms with Crippen LogP contribution in [0.1, 0.15) is 20.8 Å². The molecule has 1 unspecified atom stereocenters. The van der Waals surface area contributed by atoms with Gasteiger partial charge in [-0.25, -0.2) is 4.79 Å². The van der Waals surface area contributed by atoms with Crippen LogP contribution in [0.3, 0.4) is 0 Å². The lowest BCUT2D eigenvalue weighted by Gasteiger charge is -2.26. The van der Waals surface area contributed by atoms with Gasteiger partial charge in [-0.05, 0) is 5.41 Å². The number of amides is 1. The quantitative estimate of drug-likeness (QED) is 0.373. The molecule has 0 radical (unpaired) electrons. The highest BCUT2D eigenvalue weighted by Gasteiger charge is 2.26. The van der Waals surface area contributed by atoms with Crippen molar-refractivity contribution in [3.8, 4) is 0 Å². The van der Waals surface area contributed by atoms with Crippen LogP contribution < -0.4 is 5.73 Å². The van der Waals surface area contributed by atoms with Gasteiger partial charge in [0.25, 0.3) is 0 Å². The second-order valence-corrected chi connectivity index (χ2v) is 4.39. The van der Waals surface area contributed by atoms with E-state index >= 15 is 0 Å². The molecule has 0 spiro atoms. The minimum Gasteiger partial charge on any atom is -0.333 e. The molecule has 0 aliphatic carbocycles. The molecular formula is C7H14INO3. The van der Waals surface area contributed by atoms with Crippen LogP contribution in [-0.2, 0) is 9.78 Å². The van der Waals surface area contributed by atoms with E-state index in [1.165, 1.54) is 0 Å². The molecule has 0 heterocycles. The molecule has 1 amide bonds. The van der Waals surface area contributed by atoms with Crippen LogP contribution in [0.25, 0.3) is 0 Å². The second-order valence-electron chi connectivity index (χ2n) is 3.51. The van der Waals surface area contributed by atoms with Gasteiger partial charge in [-0.1, -0.05) is 43.4 Å². The molecule has 72 valence electrons. The summed E-state index contributed by atoms with van der Waals surface area (Å²) in [6.45, 7) is 6.00. The Kier molecular flexibility index (Phi) is 4.84. The third-order valence-corrected chi connectivity index (χ3v) is 2.15. The molecule has 1 atom stereocenters. The minimum absolute atomic E-state index is 0.0589. The van der Waals surface area contributed by atoms with Gasteiger partial charge in [0.2, 0.25) is 0 Å². The second kappa shape index (κ2) is 4.86. The van der Waals surface area contributed by atoms with Crippen LogP contribution in [0.15, 0.2) is 0 Å². The number of alkyl halides is 1. The van der Waals surface area contributed by atoms with Crippen LogP contribution >= 0.6 is 22.6 Å². The molecule has 12 heavy (non-hydrogen) atoms. The average Bonchev–Trinajstić information content (AvgIpc) is 1.85. The van der Waals surface area contributed by atoms with Crippen LogP contribution in [0.4, 0.5) is 4.79 Å². The maximum atomic E-state index is 10.2. The van der Waals surface area contributed by atoms with Crippen LogP contribution in [0.5, 0.6) is 0 Å². The monoisotopic (exact) mass is 287 g/mol. The summed E-state index contributed by atoms with van der Waals surface area (Å²) in [5, 5.41) is 0. The maximum Gasteiger partial charge on any atom is 0.436 e. The molecule has 5 heteroatoms. The molecule has 0 bridgehead atoms. The van der Waals surface area contributed by atoms with E-state index in [0.717, 1.165) is 4.43 Å². The van der Waals surface area contributed by atoms with Crippen molar-refractivity contribution in [2.45, 2.75) is 26.9 Å². The van der Waals surface area contributed by atoms with Gasteiger partial charge in [0.1, 0.15) is 6.10 Å². The summed E-state index contributed by atoms with van der Waals surface area (Å²) in [5.41, 5.74) is 4.69. The highest BCUT2D eigenvalue weighted by molar-refractivity contribution is 14.1. The summed E-state index contributed by atoms with van der Waals surface area (Å²) >= 11 is 2.16. The first kappa shape index (κ1) is 12.0. The normalized spacial score (nSPS) is 14.0. The van der Waals surface area contributed by atoms with Crippen molar-refractivity contribution < 1.29 is 14.6 Å². The lowest BCUT2D eigenvalue weighted by molar-refractivity contribution is -0.284. The van der Waals surface area contributed by atoms with E-state index in [1.54, 1.807) is 0 Å². The summed E-state index contributed by atoms with van der Waals surface area (Å²) in [4.78, 5) is 19.3. The Labute approximate surface area is 85.8 Å². The van der Waals surface area contributed by atoms with Gasteiger partial charge in [-0.15, -0.1) is 0 Å². The number of primary amides is 1. The first-order valence-electron chi connectivity index (χ1n) is 3.56. The Hall–Kier alpha value is -0.0400. The average molecular weight is 287 g/mol. The standard InChI is InChI=1S/C7H14INO3/c1-7(2,3)5(4-8)11-12-6(9)10/h5H,4H2,1-3H3,(H2,9,10). The number of hydrogen-bond acceptors (Lipinski definition) is 3. The third kappa shape index (κ3) is 4.76. The minimum atomic E-state index is -0.908. The van der Waals surface area contributed by atoms with Crippen molar-refractivity contribution in [1.82, 2.24) is 0 Å². The molecule has 0 aliphatic rings. The zero-order valence-electron chi connectivity index (χ0n) is 7.46. The summed E-state index contributed by atoms with van der Waals surface area (Å²) < 4.78 is 0.745. The van der Waals surface area contributed by atoms with Gasteiger partial charge < -0.3 is 5.73 Å². The van der Waals surface area contributed by atoms with Gasteiger partial charge in [-0.3, -0.25) is 4.89 Å². The molecule has 4 nitrogen and oxygen atoms in total. The topological polar surface area (TPSA) is 61.6 Å². The van der Waals surface area contributed by atoms with Crippen molar-refractivity contribution in [3.63, 3.8) is 0 Å². The predicted octanol–water partition coefficient (Wildman–Crippen LogP) is 1.86. The van der Waals surface area contributed by atoms with Gasteiger partial charge in [-0.2, -0.15) is 4.89 Å². The van der Waals surface area contributed by atoms with Gasteiger partial charge in [0.05, 0.1) is 0 Å². The molecule has 0 fully saturated rings. The molecule has 2 N–H and O–H groups in total.